The maximum Gasteiger partial charge on any atom is 0.222 e. The number of methoxy groups -OCH3 is 1. The monoisotopic (exact) mass is 368 g/mol. The largest absolute Gasteiger partial charge is 0.497 e. The van der Waals surface area contributed by atoms with Crippen LogP contribution in [0.15, 0.2) is 73.1 Å². The average Bonchev–Trinajstić information content (AvgIpc) is 3.20. The van der Waals surface area contributed by atoms with Gasteiger partial charge in [0.1, 0.15) is 5.75 Å². The van der Waals surface area contributed by atoms with Gasteiger partial charge in [0.2, 0.25) is 5.91 Å². The number of halogens is 1. The summed E-state index contributed by atoms with van der Waals surface area (Å²) in [6.45, 7) is 0.416. The van der Waals surface area contributed by atoms with Gasteiger partial charge in [-0.2, -0.15) is 0 Å². The Bertz CT molecular complexity index is 845. The first-order valence-electron chi connectivity index (χ1n) is 8.44. The van der Waals surface area contributed by atoms with Gasteiger partial charge >= 0.3 is 0 Å². The molecular formula is C21H21ClN2O2. The van der Waals surface area contributed by atoms with Crippen molar-refractivity contribution in [2.45, 2.75) is 19.0 Å². The van der Waals surface area contributed by atoms with Crippen molar-refractivity contribution >= 4 is 17.5 Å². The van der Waals surface area contributed by atoms with Crippen molar-refractivity contribution in [3.8, 4) is 5.75 Å². The number of ether oxygens (including phenoxy) is 1. The van der Waals surface area contributed by atoms with Crippen molar-refractivity contribution in [2.75, 3.05) is 7.11 Å². The van der Waals surface area contributed by atoms with E-state index in [2.05, 4.69) is 5.32 Å². The summed E-state index contributed by atoms with van der Waals surface area (Å²) in [7, 11) is 1.64. The van der Waals surface area contributed by atoms with E-state index in [1.165, 1.54) is 0 Å². The fraction of sp³-hybridized carbons (Fsp3) is 0.190. The molecule has 5 heteroatoms. The normalized spacial score (nSPS) is 11.8. The first kappa shape index (κ1) is 18.1. The topological polar surface area (TPSA) is 43.3 Å². The molecular weight excluding hydrogens is 348 g/mol. The molecule has 1 atom stereocenters. The van der Waals surface area contributed by atoms with Gasteiger partial charge in [0, 0.05) is 24.0 Å². The quantitative estimate of drug-likeness (QED) is 0.669. The van der Waals surface area contributed by atoms with E-state index in [4.69, 9.17) is 16.3 Å². The van der Waals surface area contributed by atoms with Gasteiger partial charge in [-0.05, 0) is 41.5 Å². The van der Waals surface area contributed by atoms with Crippen LogP contribution in [0, 0.1) is 0 Å². The van der Waals surface area contributed by atoms with Crippen LogP contribution in [0.2, 0.25) is 5.02 Å². The minimum atomic E-state index is -0.0813. The van der Waals surface area contributed by atoms with E-state index in [-0.39, 0.29) is 11.9 Å². The van der Waals surface area contributed by atoms with Crippen LogP contribution in [0.1, 0.15) is 23.6 Å². The van der Waals surface area contributed by atoms with E-state index in [0.29, 0.717) is 18.0 Å². The van der Waals surface area contributed by atoms with Crippen LogP contribution >= 0.6 is 11.6 Å². The summed E-state index contributed by atoms with van der Waals surface area (Å²) in [6.07, 6.45) is 4.28. The predicted octanol–water partition coefficient (Wildman–Crippen LogP) is 4.45. The third-order valence-corrected chi connectivity index (χ3v) is 4.67. The highest BCUT2D eigenvalue weighted by Crippen LogP contribution is 2.24. The molecule has 2 aromatic carbocycles. The van der Waals surface area contributed by atoms with E-state index in [1.54, 1.807) is 7.11 Å². The van der Waals surface area contributed by atoms with Crippen LogP contribution in [-0.2, 0) is 11.3 Å². The predicted molar refractivity (Wildman–Crippen MR) is 103 cm³/mol. The molecule has 0 radical (unpaired) electrons. The van der Waals surface area contributed by atoms with Crippen molar-refractivity contribution in [1.29, 1.82) is 0 Å². The number of benzene rings is 2. The van der Waals surface area contributed by atoms with Gasteiger partial charge in [-0.15, -0.1) is 0 Å². The Morgan fingerprint density at radius 2 is 1.77 bits per heavy atom. The third kappa shape index (κ3) is 4.46. The Balaban J connectivity index is 1.71. The molecule has 0 aliphatic rings. The first-order valence-corrected chi connectivity index (χ1v) is 8.81. The molecule has 0 saturated heterocycles. The summed E-state index contributed by atoms with van der Waals surface area (Å²) in [5, 5.41) is 3.62. The molecule has 134 valence electrons. The van der Waals surface area contributed by atoms with Crippen molar-refractivity contribution in [3.05, 3.63) is 89.2 Å². The lowest BCUT2D eigenvalue weighted by Gasteiger charge is -2.20. The fourth-order valence-electron chi connectivity index (χ4n) is 2.86. The highest BCUT2D eigenvalue weighted by atomic mass is 35.5. The summed E-state index contributed by atoms with van der Waals surface area (Å²) in [6, 6.07) is 19.2. The molecule has 3 aromatic rings. The lowest BCUT2D eigenvalue weighted by atomic mass is 10.0. The molecule has 26 heavy (non-hydrogen) atoms. The van der Waals surface area contributed by atoms with Crippen LogP contribution in [-0.4, -0.2) is 17.6 Å². The van der Waals surface area contributed by atoms with Crippen molar-refractivity contribution < 1.29 is 9.53 Å². The second kappa shape index (κ2) is 8.59. The smallest absolute Gasteiger partial charge is 0.222 e. The highest BCUT2D eigenvalue weighted by Gasteiger charge is 2.17. The molecule has 1 unspecified atom stereocenters. The Kier molecular flexibility index (Phi) is 5.97. The molecule has 0 aliphatic heterocycles. The number of hydrogen-bond donors (Lipinski definition) is 1. The minimum Gasteiger partial charge on any atom is -0.497 e. The van der Waals surface area contributed by atoms with Gasteiger partial charge in [0.25, 0.3) is 0 Å². The summed E-state index contributed by atoms with van der Waals surface area (Å²) >= 11 is 6.15. The first-order chi connectivity index (χ1) is 12.7. The van der Waals surface area contributed by atoms with Gasteiger partial charge in [0.05, 0.1) is 19.6 Å². The number of aromatic nitrogens is 1. The summed E-state index contributed by atoms with van der Waals surface area (Å²) in [5.74, 6) is 0.766. The molecule has 0 spiro atoms. The number of hydrogen-bond acceptors (Lipinski definition) is 2. The molecule has 4 nitrogen and oxygen atoms in total. The fourth-order valence-corrected chi connectivity index (χ4v) is 3.06. The molecule has 0 fully saturated rings. The Morgan fingerprint density at radius 1 is 1.08 bits per heavy atom. The second-order valence-corrected chi connectivity index (χ2v) is 6.40. The Hall–Kier alpha value is -2.72. The van der Waals surface area contributed by atoms with E-state index < -0.39 is 0 Å². The standard InChI is InChI=1S/C21H21ClN2O2/c1-26-18-10-8-16(9-11-18)20(24-12-4-5-13-24)14-21(25)23-15-17-6-2-3-7-19(17)22/h2-13,20H,14-15H2,1H3,(H,23,25). The Labute approximate surface area is 158 Å². The molecule has 0 aliphatic carbocycles. The molecule has 1 amide bonds. The summed E-state index contributed by atoms with van der Waals surface area (Å²) in [4.78, 5) is 12.5. The van der Waals surface area contributed by atoms with Crippen molar-refractivity contribution in [2.24, 2.45) is 0 Å². The van der Waals surface area contributed by atoms with Crippen molar-refractivity contribution in [3.63, 3.8) is 0 Å². The zero-order valence-electron chi connectivity index (χ0n) is 14.6. The molecule has 1 N–H and O–H groups in total. The molecule has 1 heterocycles. The lowest BCUT2D eigenvalue weighted by Crippen LogP contribution is -2.26. The number of carbonyl (C=O) groups excluding carboxylic acids is 1. The molecule has 3 rings (SSSR count). The summed E-state index contributed by atoms with van der Waals surface area (Å²) in [5.41, 5.74) is 1.96. The van der Waals surface area contributed by atoms with E-state index in [0.717, 1.165) is 16.9 Å². The number of nitrogens with zero attached hydrogens (tertiary/aromatic N) is 1. The second-order valence-electron chi connectivity index (χ2n) is 5.99. The number of rotatable bonds is 7. The Morgan fingerprint density at radius 3 is 2.42 bits per heavy atom. The molecule has 0 bridgehead atoms. The van der Waals surface area contributed by atoms with Crippen LogP contribution < -0.4 is 10.1 Å². The van der Waals surface area contributed by atoms with Gasteiger partial charge < -0.3 is 14.6 Å². The zero-order valence-corrected chi connectivity index (χ0v) is 15.3. The van der Waals surface area contributed by atoms with Gasteiger partial charge in [-0.1, -0.05) is 41.9 Å². The van der Waals surface area contributed by atoms with Crippen LogP contribution in [0.4, 0.5) is 0 Å². The molecule has 1 aromatic heterocycles. The number of carbonyl (C=O) groups is 1. The van der Waals surface area contributed by atoms with Crippen LogP contribution in [0.3, 0.4) is 0 Å². The van der Waals surface area contributed by atoms with Crippen LogP contribution in [0.25, 0.3) is 0 Å². The van der Waals surface area contributed by atoms with E-state index in [9.17, 15) is 4.79 Å². The SMILES string of the molecule is COc1ccc(C(CC(=O)NCc2ccccc2Cl)n2cccc2)cc1. The lowest BCUT2D eigenvalue weighted by molar-refractivity contribution is -0.121. The third-order valence-electron chi connectivity index (χ3n) is 4.30. The molecule has 0 saturated carbocycles. The highest BCUT2D eigenvalue weighted by molar-refractivity contribution is 6.31. The van der Waals surface area contributed by atoms with E-state index >= 15 is 0 Å². The van der Waals surface area contributed by atoms with Gasteiger partial charge in [-0.25, -0.2) is 0 Å². The van der Waals surface area contributed by atoms with Gasteiger partial charge in [-0.3, -0.25) is 4.79 Å². The summed E-state index contributed by atoms with van der Waals surface area (Å²) < 4.78 is 7.26. The maximum atomic E-state index is 12.5. The minimum absolute atomic E-state index is 0.0283. The number of nitrogens with one attached hydrogen (secondary N) is 1. The number of amides is 1. The van der Waals surface area contributed by atoms with Crippen LogP contribution in [0.5, 0.6) is 5.75 Å². The average molecular weight is 369 g/mol. The maximum absolute atomic E-state index is 12.5. The zero-order chi connectivity index (χ0) is 18.4. The van der Waals surface area contributed by atoms with Gasteiger partial charge in [0.15, 0.2) is 0 Å². The van der Waals surface area contributed by atoms with Crippen molar-refractivity contribution in [1.82, 2.24) is 9.88 Å². The van der Waals surface area contributed by atoms with E-state index in [1.807, 2.05) is 77.6 Å².